The van der Waals surface area contributed by atoms with Crippen LogP contribution in [-0.4, -0.2) is 61.0 Å². The molecule has 0 radical (unpaired) electrons. The van der Waals surface area contributed by atoms with Crippen molar-refractivity contribution < 1.29 is 4.79 Å². The smallest absolute Gasteiger partial charge is 0.255 e. The van der Waals surface area contributed by atoms with Crippen molar-refractivity contribution >= 4 is 29.1 Å². The van der Waals surface area contributed by atoms with E-state index in [-0.39, 0.29) is 5.91 Å². The highest BCUT2D eigenvalue weighted by Crippen LogP contribution is 2.25. The van der Waals surface area contributed by atoms with Crippen molar-refractivity contribution in [3.05, 3.63) is 33.8 Å². The molecule has 4 nitrogen and oxygen atoms in total. The molecule has 0 atom stereocenters. The van der Waals surface area contributed by atoms with Crippen molar-refractivity contribution in [3.8, 4) is 0 Å². The number of nitrogens with zero attached hydrogens (tertiary/aromatic N) is 2. The number of benzene rings is 1. The molecule has 0 saturated carbocycles. The summed E-state index contributed by atoms with van der Waals surface area (Å²) in [6, 6.07) is 5.49. The van der Waals surface area contributed by atoms with E-state index >= 15 is 0 Å². The first-order valence-corrected chi connectivity index (χ1v) is 7.60. The molecule has 2 saturated heterocycles. The number of likely N-dealkylation sites (tertiary alicyclic amines) is 1. The van der Waals surface area contributed by atoms with Crippen LogP contribution in [0.25, 0.3) is 0 Å². The van der Waals surface area contributed by atoms with Gasteiger partial charge in [0.25, 0.3) is 5.91 Å². The number of hydrogen-bond acceptors (Lipinski definition) is 3. The second-order valence-corrected chi connectivity index (χ2v) is 6.12. The lowest BCUT2D eigenvalue weighted by molar-refractivity contribution is 0.0227. The minimum atomic E-state index is -0.0242. The van der Waals surface area contributed by atoms with E-state index in [1.165, 1.54) is 0 Å². The molecular formula is C14H17Cl2N3O. The number of hydrogen-bond donors (Lipinski definition) is 1. The SMILES string of the molecule is O=C(c1cc(Cl)ccc1Cl)N1CC(N2CCNCC2)C1. The molecule has 1 amide bonds. The highest BCUT2D eigenvalue weighted by Gasteiger charge is 2.36. The summed E-state index contributed by atoms with van der Waals surface area (Å²) in [5, 5.41) is 4.34. The van der Waals surface area contributed by atoms with E-state index in [0.717, 1.165) is 39.3 Å². The Labute approximate surface area is 128 Å². The number of piperazine rings is 1. The highest BCUT2D eigenvalue weighted by molar-refractivity contribution is 6.35. The van der Waals surface area contributed by atoms with E-state index in [1.807, 2.05) is 4.90 Å². The van der Waals surface area contributed by atoms with Crippen LogP contribution in [0.2, 0.25) is 10.0 Å². The first kappa shape index (κ1) is 14.1. The third kappa shape index (κ3) is 2.79. The maximum absolute atomic E-state index is 12.4. The Balaban J connectivity index is 1.61. The minimum Gasteiger partial charge on any atom is -0.335 e. The van der Waals surface area contributed by atoms with Crippen molar-refractivity contribution in [3.63, 3.8) is 0 Å². The zero-order valence-electron chi connectivity index (χ0n) is 11.1. The summed E-state index contributed by atoms with van der Waals surface area (Å²) < 4.78 is 0. The van der Waals surface area contributed by atoms with Gasteiger partial charge in [-0.25, -0.2) is 0 Å². The van der Waals surface area contributed by atoms with Gasteiger partial charge in [0.1, 0.15) is 0 Å². The predicted molar refractivity (Wildman–Crippen MR) is 80.6 cm³/mol. The first-order chi connectivity index (χ1) is 9.65. The average molecular weight is 314 g/mol. The summed E-state index contributed by atoms with van der Waals surface area (Å²) in [5.41, 5.74) is 0.498. The molecule has 1 N–H and O–H groups in total. The first-order valence-electron chi connectivity index (χ1n) is 6.84. The van der Waals surface area contributed by atoms with Gasteiger partial charge >= 0.3 is 0 Å². The van der Waals surface area contributed by atoms with Gasteiger partial charge in [0.2, 0.25) is 0 Å². The molecule has 1 aromatic carbocycles. The fraction of sp³-hybridized carbons (Fsp3) is 0.500. The monoisotopic (exact) mass is 313 g/mol. The van der Waals surface area contributed by atoms with E-state index in [1.54, 1.807) is 18.2 Å². The van der Waals surface area contributed by atoms with Gasteiger partial charge in [-0.2, -0.15) is 0 Å². The van der Waals surface area contributed by atoms with Crippen molar-refractivity contribution in [1.82, 2.24) is 15.1 Å². The largest absolute Gasteiger partial charge is 0.335 e. The van der Waals surface area contributed by atoms with Gasteiger partial charge in [-0.3, -0.25) is 9.69 Å². The van der Waals surface area contributed by atoms with E-state index in [4.69, 9.17) is 23.2 Å². The highest BCUT2D eigenvalue weighted by atomic mass is 35.5. The zero-order valence-corrected chi connectivity index (χ0v) is 12.6. The molecule has 2 heterocycles. The van der Waals surface area contributed by atoms with Crippen molar-refractivity contribution in [2.24, 2.45) is 0 Å². The van der Waals surface area contributed by atoms with Crippen molar-refractivity contribution in [1.29, 1.82) is 0 Å². The van der Waals surface area contributed by atoms with Crippen LogP contribution in [0.5, 0.6) is 0 Å². The lowest BCUT2D eigenvalue weighted by Crippen LogP contribution is -2.63. The van der Waals surface area contributed by atoms with Gasteiger partial charge in [0.15, 0.2) is 0 Å². The quantitative estimate of drug-likeness (QED) is 0.903. The normalized spacial score (nSPS) is 20.8. The minimum absolute atomic E-state index is 0.0242. The van der Waals surface area contributed by atoms with E-state index in [9.17, 15) is 4.79 Å². The van der Waals surface area contributed by atoms with Crippen LogP contribution in [0.15, 0.2) is 18.2 Å². The van der Waals surface area contributed by atoms with Gasteiger partial charge in [0, 0.05) is 50.3 Å². The molecule has 0 aliphatic carbocycles. The van der Waals surface area contributed by atoms with Crippen LogP contribution in [0.1, 0.15) is 10.4 Å². The van der Waals surface area contributed by atoms with Gasteiger partial charge in [-0.1, -0.05) is 23.2 Å². The fourth-order valence-electron chi connectivity index (χ4n) is 2.73. The van der Waals surface area contributed by atoms with Crippen LogP contribution in [-0.2, 0) is 0 Å². The molecule has 108 valence electrons. The van der Waals surface area contributed by atoms with Crippen molar-refractivity contribution in [2.75, 3.05) is 39.3 Å². The summed E-state index contributed by atoms with van der Waals surface area (Å²) in [6.45, 7) is 5.74. The number of halogens is 2. The third-order valence-corrected chi connectivity index (χ3v) is 4.54. The number of carbonyl (C=O) groups is 1. The summed E-state index contributed by atoms with van der Waals surface area (Å²) in [6.07, 6.45) is 0. The van der Waals surface area contributed by atoms with Crippen LogP contribution < -0.4 is 5.32 Å². The van der Waals surface area contributed by atoms with Gasteiger partial charge < -0.3 is 10.2 Å². The molecule has 3 rings (SSSR count). The Kier molecular flexibility index (Phi) is 4.17. The lowest BCUT2D eigenvalue weighted by atomic mass is 10.0. The third-order valence-electron chi connectivity index (χ3n) is 3.98. The number of carbonyl (C=O) groups excluding carboxylic acids is 1. The molecule has 0 unspecified atom stereocenters. The number of nitrogens with one attached hydrogen (secondary N) is 1. The number of amides is 1. The summed E-state index contributed by atoms with van der Waals surface area (Å²) >= 11 is 12.0. The standard InChI is InChI=1S/C14H17Cl2N3O/c15-10-1-2-13(16)12(7-10)14(20)19-8-11(9-19)18-5-3-17-4-6-18/h1-2,7,11,17H,3-6,8-9H2. The fourth-order valence-corrected chi connectivity index (χ4v) is 3.10. The van der Waals surface area contributed by atoms with E-state index in [0.29, 0.717) is 21.7 Å². The second kappa shape index (κ2) is 5.90. The topological polar surface area (TPSA) is 35.6 Å². The Bertz CT molecular complexity index is 511. The summed E-state index contributed by atoms with van der Waals surface area (Å²) in [7, 11) is 0. The lowest BCUT2D eigenvalue weighted by Gasteiger charge is -2.46. The summed E-state index contributed by atoms with van der Waals surface area (Å²) in [4.78, 5) is 16.7. The molecular weight excluding hydrogens is 297 g/mol. The van der Waals surface area contributed by atoms with Crippen LogP contribution in [0, 0.1) is 0 Å². The molecule has 0 bridgehead atoms. The Morgan fingerprint density at radius 2 is 1.90 bits per heavy atom. The van der Waals surface area contributed by atoms with E-state index < -0.39 is 0 Å². The summed E-state index contributed by atoms with van der Waals surface area (Å²) in [5.74, 6) is -0.0242. The maximum Gasteiger partial charge on any atom is 0.255 e. The molecule has 6 heteroatoms. The van der Waals surface area contributed by atoms with Gasteiger partial charge in [-0.05, 0) is 18.2 Å². The van der Waals surface area contributed by atoms with E-state index in [2.05, 4.69) is 10.2 Å². The predicted octanol–water partition coefficient (Wildman–Crippen LogP) is 1.72. The van der Waals surface area contributed by atoms with Crippen molar-refractivity contribution in [2.45, 2.75) is 6.04 Å². The molecule has 2 aliphatic rings. The van der Waals surface area contributed by atoms with Crippen LogP contribution in [0.4, 0.5) is 0 Å². The Morgan fingerprint density at radius 1 is 1.20 bits per heavy atom. The molecule has 0 aromatic heterocycles. The molecule has 1 aromatic rings. The Morgan fingerprint density at radius 3 is 2.60 bits per heavy atom. The zero-order chi connectivity index (χ0) is 14.1. The van der Waals surface area contributed by atoms with Crippen LogP contribution in [0.3, 0.4) is 0 Å². The maximum atomic E-state index is 12.4. The van der Waals surface area contributed by atoms with Crippen LogP contribution >= 0.6 is 23.2 Å². The average Bonchev–Trinajstić information content (AvgIpc) is 2.41. The Hall–Kier alpha value is -0.810. The molecule has 2 aliphatic heterocycles. The molecule has 0 spiro atoms. The second-order valence-electron chi connectivity index (χ2n) is 5.27. The molecule has 2 fully saturated rings. The van der Waals surface area contributed by atoms with Gasteiger partial charge in [-0.15, -0.1) is 0 Å². The van der Waals surface area contributed by atoms with Gasteiger partial charge in [0.05, 0.1) is 10.6 Å². The number of rotatable bonds is 2. The molecule has 20 heavy (non-hydrogen) atoms.